The van der Waals surface area contributed by atoms with Crippen molar-refractivity contribution in [2.24, 2.45) is 0 Å². The Kier molecular flexibility index (Phi) is 2.90. The summed E-state index contributed by atoms with van der Waals surface area (Å²) in [7, 11) is 0. The molecule has 78 valence electrons. The van der Waals surface area contributed by atoms with E-state index < -0.39 is 0 Å². The molecule has 0 saturated heterocycles. The van der Waals surface area contributed by atoms with E-state index in [0.29, 0.717) is 10.7 Å². The molecule has 1 heterocycles. The van der Waals surface area contributed by atoms with Crippen LogP contribution in [-0.4, -0.2) is 33.0 Å². The van der Waals surface area contributed by atoms with Gasteiger partial charge in [0.15, 0.2) is 0 Å². The molecule has 0 atom stereocenters. The van der Waals surface area contributed by atoms with Crippen LogP contribution in [0.5, 0.6) is 0 Å². The number of aromatic nitrogens is 3. The molecule has 7 nitrogen and oxygen atoms in total. The van der Waals surface area contributed by atoms with Crippen LogP contribution in [0.1, 0.15) is 13.8 Å². The zero-order chi connectivity index (χ0) is 10.7. The molecule has 1 aromatic rings. The lowest BCUT2D eigenvalue weighted by atomic mass is 10.5. The summed E-state index contributed by atoms with van der Waals surface area (Å²) < 4.78 is 0.438. The summed E-state index contributed by atoms with van der Waals surface area (Å²) in [5.41, 5.74) is 5.06. The minimum Gasteiger partial charge on any atom is -0.422 e. The van der Waals surface area contributed by atoms with Crippen LogP contribution in [0.2, 0.25) is 0 Å². The van der Waals surface area contributed by atoms with Crippen molar-refractivity contribution in [1.82, 2.24) is 14.7 Å². The molecule has 0 aliphatic rings. The fraction of sp³-hybridized carbons (Fsp3) is 0.571. The van der Waals surface area contributed by atoms with Gasteiger partial charge in [-0.1, -0.05) is 0 Å². The Morgan fingerprint density at radius 2 is 2.00 bits per heavy atom. The molecule has 7 heteroatoms. The van der Waals surface area contributed by atoms with E-state index in [1.807, 2.05) is 18.7 Å². The first-order valence-electron chi connectivity index (χ1n) is 4.35. The molecule has 1 aromatic heterocycles. The highest BCUT2D eigenvalue weighted by molar-refractivity contribution is 5.32. The van der Waals surface area contributed by atoms with Gasteiger partial charge < -0.3 is 15.8 Å². The molecule has 0 fully saturated rings. The smallest absolute Gasteiger partial charge is 0.262 e. The Morgan fingerprint density at radius 1 is 1.43 bits per heavy atom. The highest BCUT2D eigenvalue weighted by Crippen LogP contribution is 2.04. The lowest BCUT2D eigenvalue weighted by Crippen LogP contribution is -2.32. The zero-order valence-corrected chi connectivity index (χ0v) is 8.23. The normalized spacial score (nSPS) is 10.1. The number of hydrogen-bond donors (Lipinski definition) is 3. The first-order valence-corrected chi connectivity index (χ1v) is 4.35. The van der Waals surface area contributed by atoms with E-state index in [4.69, 9.17) is 16.4 Å². The average Bonchev–Trinajstić information content (AvgIpc) is 2.16. The Morgan fingerprint density at radius 3 is 2.43 bits per heavy atom. The van der Waals surface area contributed by atoms with Crippen LogP contribution in [0.4, 0.5) is 11.9 Å². The summed E-state index contributed by atoms with van der Waals surface area (Å²) in [5.74, 6) is 0.231. The van der Waals surface area contributed by atoms with E-state index in [1.165, 1.54) is 0 Å². The van der Waals surface area contributed by atoms with E-state index in [1.54, 1.807) is 0 Å². The second-order valence-corrected chi connectivity index (χ2v) is 2.69. The third-order valence-corrected chi connectivity index (χ3v) is 1.88. The SMILES string of the molecule is CCN(CC)c1nc(N)n(O)c(=N)n1. The summed E-state index contributed by atoms with van der Waals surface area (Å²) in [6.45, 7) is 5.36. The first kappa shape index (κ1) is 10.3. The van der Waals surface area contributed by atoms with Gasteiger partial charge in [-0.25, -0.2) is 0 Å². The van der Waals surface area contributed by atoms with Crippen molar-refractivity contribution < 1.29 is 5.21 Å². The molecular formula is C7H14N6O. The maximum atomic E-state index is 9.12. The molecule has 0 radical (unpaired) electrons. The predicted octanol–water partition coefficient (Wildman–Crippen LogP) is -0.577. The Bertz CT molecular complexity index is 369. The molecule has 0 spiro atoms. The van der Waals surface area contributed by atoms with Crippen molar-refractivity contribution in [3.63, 3.8) is 0 Å². The number of nitrogens with one attached hydrogen (secondary N) is 1. The minimum atomic E-state index is -0.320. The molecule has 0 bridgehead atoms. The number of nitrogen functional groups attached to an aromatic ring is 1. The van der Waals surface area contributed by atoms with Crippen LogP contribution in [-0.2, 0) is 0 Å². The van der Waals surface area contributed by atoms with Gasteiger partial charge in [0.2, 0.25) is 11.9 Å². The molecule has 0 unspecified atom stereocenters. The molecule has 0 aliphatic carbocycles. The molecule has 1 rings (SSSR count). The van der Waals surface area contributed by atoms with Gasteiger partial charge in [0.25, 0.3) is 5.62 Å². The van der Waals surface area contributed by atoms with Crippen molar-refractivity contribution in [1.29, 1.82) is 5.41 Å². The third kappa shape index (κ3) is 1.76. The van der Waals surface area contributed by atoms with Gasteiger partial charge in [0.05, 0.1) is 0 Å². The van der Waals surface area contributed by atoms with E-state index >= 15 is 0 Å². The van der Waals surface area contributed by atoms with Gasteiger partial charge in [-0.2, -0.15) is 9.97 Å². The van der Waals surface area contributed by atoms with Gasteiger partial charge in [0.1, 0.15) is 0 Å². The average molecular weight is 198 g/mol. The largest absolute Gasteiger partial charge is 0.422 e. The molecule has 4 N–H and O–H groups in total. The van der Waals surface area contributed by atoms with Crippen LogP contribution in [0, 0.1) is 5.41 Å². The number of hydrogen-bond acceptors (Lipinski definition) is 6. The molecular weight excluding hydrogens is 184 g/mol. The van der Waals surface area contributed by atoms with Crippen LogP contribution in [0.25, 0.3) is 0 Å². The maximum Gasteiger partial charge on any atom is 0.262 e. The Hall–Kier alpha value is -1.79. The summed E-state index contributed by atoms with van der Waals surface area (Å²) in [6.07, 6.45) is 0. The lowest BCUT2D eigenvalue weighted by molar-refractivity contribution is 0.168. The summed E-state index contributed by atoms with van der Waals surface area (Å²) in [4.78, 5) is 9.49. The first-order chi connectivity index (χ1) is 6.60. The van der Waals surface area contributed by atoms with E-state index in [0.717, 1.165) is 13.1 Å². The van der Waals surface area contributed by atoms with Crippen molar-refractivity contribution in [2.45, 2.75) is 13.8 Å². The topological polar surface area (TPSA) is 104 Å². The maximum absolute atomic E-state index is 9.12. The summed E-state index contributed by atoms with van der Waals surface area (Å²) in [6, 6.07) is 0. The highest BCUT2D eigenvalue weighted by atomic mass is 16.5. The second-order valence-electron chi connectivity index (χ2n) is 2.69. The lowest BCUT2D eigenvalue weighted by Gasteiger charge is -2.18. The van der Waals surface area contributed by atoms with Gasteiger partial charge in [-0.05, 0) is 13.8 Å². The van der Waals surface area contributed by atoms with Gasteiger partial charge in [-0.3, -0.25) is 5.41 Å². The summed E-state index contributed by atoms with van der Waals surface area (Å²) >= 11 is 0. The minimum absolute atomic E-state index is 0.132. The van der Waals surface area contributed by atoms with Gasteiger partial charge in [-0.15, -0.1) is 4.73 Å². The van der Waals surface area contributed by atoms with Crippen molar-refractivity contribution in [2.75, 3.05) is 23.7 Å². The third-order valence-electron chi connectivity index (χ3n) is 1.88. The van der Waals surface area contributed by atoms with Gasteiger partial charge in [0, 0.05) is 13.1 Å². The van der Waals surface area contributed by atoms with Crippen LogP contribution in [0.15, 0.2) is 0 Å². The number of nitrogens with zero attached hydrogens (tertiary/aromatic N) is 4. The molecule has 14 heavy (non-hydrogen) atoms. The molecule has 0 amide bonds. The molecule has 0 saturated carbocycles. The standard InChI is InChI=1S/C7H14N6O/c1-3-12(4-2)7-10-5(8)13(14)6(9)11-7/h14H,3-4H2,1-2H3,(H3,8,9,10,11). The Balaban J connectivity index is 3.18. The fourth-order valence-corrected chi connectivity index (χ4v) is 1.07. The number of rotatable bonds is 3. The number of nitrogens with two attached hydrogens (primary N) is 1. The summed E-state index contributed by atoms with van der Waals surface area (Å²) in [5, 5.41) is 16.4. The predicted molar refractivity (Wildman–Crippen MR) is 51.0 cm³/mol. The highest BCUT2D eigenvalue weighted by Gasteiger charge is 2.08. The molecule has 0 aromatic carbocycles. The fourth-order valence-electron chi connectivity index (χ4n) is 1.07. The van der Waals surface area contributed by atoms with Crippen LogP contribution < -0.4 is 16.3 Å². The quantitative estimate of drug-likeness (QED) is 0.564. The molecule has 0 aliphatic heterocycles. The van der Waals surface area contributed by atoms with Crippen molar-refractivity contribution in [3.05, 3.63) is 5.62 Å². The monoisotopic (exact) mass is 198 g/mol. The Labute approximate surface area is 81.3 Å². The zero-order valence-electron chi connectivity index (χ0n) is 8.23. The van der Waals surface area contributed by atoms with E-state index in [-0.39, 0.29) is 11.6 Å². The van der Waals surface area contributed by atoms with E-state index in [9.17, 15) is 0 Å². The van der Waals surface area contributed by atoms with Crippen molar-refractivity contribution in [3.8, 4) is 0 Å². The second kappa shape index (κ2) is 3.95. The van der Waals surface area contributed by atoms with Crippen LogP contribution in [0.3, 0.4) is 0 Å². The van der Waals surface area contributed by atoms with E-state index in [2.05, 4.69) is 9.97 Å². The van der Waals surface area contributed by atoms with Crippen molar-refractivity contribution >= 4 is 11.9 Å². The number of anilines is 2. The van der Waals surface area contributed by atoms with Crippen LogP contribution >= 0.6 is 0 Å². The van der Waals surface area contributed by atoms with Gasteiger partial charge >= 0.3 is 0 Å².